The summed E-state index contributed by atoms with van der Waals surface area (Å²) in [6, 6.07) is 3.48. The van der Waals surface area contributed by atoms with Gasteiger partial charge in [0.05, 0.1) is 18.4 Å². The summed E-state index contributed by atoms with van der Waals surface area (Å²) in [5, 5.41) is 9.15. The van der Waals surface area contributed by atoms with E-state index in [0.717, 1.165) is 25.0 Å². The lowest BCUT2D eigenvalue weighted by molar-refractivity contribution is -0.129. The molecule has 0 aliphatic carbocycles. The Bertz CT molecular complexity index is 470. The molecule has 1 aromatic carbocycles. The monoisotopic (exact) mass is 287 g/mol. The summed E-state index contributed by atoms with van der Waals surface area (Å²) in [6.45, 7) is 0.629. The topological polar surface area (TPSA) is 40.5 Å². The molecule has 1 aromatic rings. The first-order valence-corrected chi connectivity index (χ1v) is 7.08. The molecule has 1 unspecified atom stereocenters. The first-order valence-electron chi connectivity index (χ1n) is 6.10. The number of hydrogen-bond acceptors (Lipinski definition) is 3. The highest BCUT2D eigenvalue weighted by molar-refractivity contribution is 8.00. The number of carbonyl (C=O) groups is 1. The van der Waals surface area contributed by atoms with Crippen molar-refractivity contribution in [1.29, 1.82) is 0 Å². The van der Waals surface area contributed by atoms with Crippen LogP contribution in [-0.2, 0) is 4.79 Å². The van der Waals surface area contributed by atoms with Crippen molar-refractivity contribution in [1.82, 2.24) is 4.90 Å². The molecule has 1 N–H and O–H groups in total. The third-order valence-electron chi connectivity index (χ3n) is 3.16. The van der Waals surface area contributed by atoms with Gasteiger partial charge in [0.25, 0.3) is 0 Å². The van der Waals surface area contributed by atoms with Crippen molar-refractivity contribution >= 4 is 17.7 Å². The fourth-order valence-corrected chi connectivity index (χ4v) is 2.96. The van der Waals surface area contributed by atoms with Crippen LogP contribution in [0.15, 0.2) is 23.1 Å². The van der Waals surface area contributed by atoms with Gasteiger partial charge in [-0.1, -0.05) is 0 Å². The standard InChI is InChI=1S/C13H15F2NO2S/c14-11-4-3-10(6-12(11)15)19-8-13(18)16-5-1-2-9(16)7-17/h3-4,6,9,17H,1-2,5,7-8H2. The Morgan fingerprint density at radius 1 is 1.42 bits per heavy atom. The minimum Gasteiger partial charge on any atom is -0.394 e. The highest BCUT2D eigenvalue weighted by atomic mass is 32.2. The summed E-state index contributed by atoms with van der Waals surface area (Å²) in [4.78, 5) is 14.1. The zero-order valence-corrected chi connectivity index (χ0v) is 11.1. The fraction of sp³-hybridized carbons (Fsp3) is 0.462. The molecule has 1 amide bonds. The van der Waals surface area contributed by atoms with E-state index in [0.29, 0.717) is 11.4 Å². The van der Waals surface area contributed by atoms with Gasteiger partial charge in [-0.25, -0.2) is 8.78 Å². The van der Waals surface area contributed by atoms with Gasteiger partial charge in [-0.15, -0.1) is 11.8 Å². The maximum absolute atomic E-state index is 13.0. The molecule has 1 fully saturated rings. The number of thioether (sulfide) groups is 1. The van der Waals surface area contributed by atoms with E-state index in [1.807, 2.05) is 0 Å². The smallest absolute Gasteiger partial charge is 0.233 e. The molecular weight excluding hydrogens is 272 g/mol. The highest BCUT2D eigenvalue weighted by Gasteiger charge is 2.27. The quantitative estimate of drug-likeness (QED) is 0.862. The van der Waals surface area contributed by atoms with Crippen molar-refractivity contribution in [3.8, 4) is 0 Å². The van der Waals surface area contributed by atoms with Crippen LogP contribution in [0.4, 0.5) is 8.78 Å². The van der Waals surface area contributed by atoms with Crippen molar-refractivity contribution in [2.24, 2.45) is 0 Å². The second-order valence-electron chi connectivity index (χ2n) is 4.43. The van der Waals surface area contributed by atoms with Gasteiger partial charge in [0.15, 0.2) is 11.6 Å². The number of aliphatic hydroxyl groups excluding tert-OH is 1. The van der Waals surface area contributed by atoms with Crippen LogP contribution in [0.25, 0.3) is 0 Å². The van der Waals surface area contributed by atoms with E-state index < -0.39 is 11.6 Å². The molecule has 0 bridgehead atoms. The van der Waals surface area contributed by atoms with Gasteiger partial charge in [-0.05, 0) is 31.0 Å². The average molecular weight is 287 g/mol. The van der Waals surface area contributed by atoms with Crippen molar-refractivity contribution < 1.29 is 18.7 Å². The molecule has 0 saturated carbocycles. The van der Waals surface area contributed by atoms with Crippen molar-refractivity contribution in [2.75, 3.05) is 18.9 Å². The predicted molar refractivity (Wildman–Crippen MR) is 68.9 cm³/mol. The fourth-order valence-electron chi connectivity index (χ4n) is 2.15. The second-order valence-corrected chi connectivity index (χ2v) is 5.48. The van der Waals surface area contributed by atoms with Crippen LogP contribution in [0, 0.1) is 11.6 Å². The predicted octanol–water partition coefficient (Wildman–Crippen LogP) is 2.04. The largest absolute Gasteiger partial charge is 0.394 e. The molecule has 1 heterocycles. The minimum absolute atomic E-state index is 0.0262. The summed E-state index contributed by atoms with van der Waals surface area (Å²) >= 11 is 1.17. The van der Waals surface area contributed by atoms with E-state index in [2.05, 4.69) is 0 Å². The third-order valence-corrected chi connectivity index (χ3v) is 4.14. The molecule has 1 aliphatic rings. The Kier molecular flexibility index (Phi) is 4.76. The molecule has 0 aromatic heterocycles. The average Bonchev–Trinajstić information content (AvgIpc) is 2.88. The Balaban J connectivity index is 1.91. The van der Waals surface area contributed by atoms with Crippen LogP contribution in [0.1, 0.15) is 12.8 Å². The van der Waals surface area contributed by atoms with Crippen molar-refractivity contribution in [2.45, 2.75) is 23.8 Å². The van der Waals surface area contributed by atoms with Gasteiger partial charge in [0.2, 0.25) is 5.91 Å². The van der Waals surface area contributed by atoms with E-state index in [1.165, 1.54) is 17.8 Å². The summed E-state index contributed by atoms with van der Waals surface area (Å²) in [6.07, 6.45) is 1.71. The molecule has 2 rings (SSSR count). The first-order chi connectivity index (χ1) is 9.11. The van der Waals surface area contributed by atoms with Gasteiger partial charge in [0.1, 0.15) is 0 Å². The van der Waals surface area contributed by atoms with Crippen molar-refractivity contribution in [3.63, 3.8) is 0 Å². The lowest BCUT2D eigenvalue weighted by Crippen LogP contribution is -2.38. The van der Waals surface area contributed by atoms with Crippen LogP contribution in [0.3, 0.4) is 0 Å². The number of likely N-dealkylation sites (tertiary alicyclic amines) is 1. The Hall–Kier alpha value is -1.14. The Morgan fingerprint density at radius 3 is 2.89 bits per heavy atom. The van der Waals surface area contributed by atoms with Gasteiger partial charge >= 0.3 is 0 Å². The molecular formula is C13H15F2NO2S. The lowest BCUT2D eigenvalue weighted by Gasteiger charge is -2.22. The Morgan fingerprint density at radius 2 is 2.21 bits per heavy atom. The van der Waals surface area contributed by atoms with E-state index >= 15 is 0 Å². The van der Waals surface area contributed by atoms with E-state index in [4.69, 9.17) is 5.11 Å². The lowest BCUT2D eigenvalue weighted by atomic mass is 10.2. The molecule has 3 nitrogen and oxygen atoms in total. The van der Waals surface area contributed by atoms with Crippen LogP contribution < -0.4 is 0 Å². The Labute approximate surface area is 114 Å². The highest BCUT2D eigenvalue weighted by Crippen LogP contribution is 2.23. The van der Waals surface area contributed by atoms with Crippen LogP contribution in [0.5, 0.6) is 0 Å². The molecule has 1 saturated heterocycles. The number of hydrogen-bond donors (Lipinski definition) is 1. The summed E-state index contributed by atoms with van der Waals surface area (Å²) in [5.41, 5.74) is 0. The van der Waals surface area contributed by atoms with Gasteiger partial charge < -0.3 is 10.0 Å². The summed E-state index contributed by atoms with van der Waals surface area (Å²) < 4.78 is 25.8. The third kappa shape index (κ3) is 3.45. The number of halogens is 2. The first kappa shape index (κ1) is 14.3. The van der Waals surface area contributed by atoms with Crippen molar-refractivity contribution in [3.05, 3.63) is 29.8 Å². The number of benzene rings is 1. The number of rotatable bonds is 4. The number of nitrogens with zero attached hydrogens (tertiary/aromatic N) is 1. The van der Waals surface area contributed by atoms with Gasteiger partial charge in [-0.2, -0.15) is 0 Å². The zero-order valence-electron chi connectivity index (χ0n) is 10.3. The van der Waals surface area contributed by atoms with Crippen LogP contribution in [0.2, 0.25) is 0 Å². The van der Waals surface area contributed by atoms with Gasteiger partial charge in [0, 0.05) is 11.4 Å². The van der Waals surface area contributed by atoms with E-state index in [9.17, 15) is 13.6 Å². The molecule has 19 heavy (non-hydrogen) atoms. The number of amides is 1. The maximum Gasteiger partial charge on any atom is 0.233 e. The number of aliphatic hydroxyl groups is 1. The maximum atomic E-state index is 13.0. The summed E-state index contributed by atoms with van der Waals surface area (Å²) in [7, 11) is 0. The summed E-state index contributed by atoms with van der Waals surface area (Å²) in [5.74, 6) is -1.71. The van der Waals surface area contributed by atoms with Crippen LogP contribution >= 0.6 is 11.8 Å². The second kappa shape index (κ2) is 6.34. The SMILES string of the molecule is O=C(CSc1ccc(F)c(F)c1)N1CCCC1CO. The van der Waals surface area contributed by atoms with Crippen LogP contribution in [-0.4, -0.2) is 40.9 Å². The molecule has 1 atom stereocenters. The zero-order chi connectivity index (χ0) is 13.8. The normalized spacial score (nSPS) is 18.9. The minimum atomic E-state index is -0.910. The molecule has 1 aliphatic heterocycles. The molecule has 0 spiro atoms. The molecule has 6 heteroatoms. The number of carbonyl (C=O) groups excluding carboxylic acids is 1. The van der Waals surface area contributed by atoms with E-state index in [1.54, 1.807) is 4.90 Å². The molecule has 0 radical (unpaired) electrons. The van der Waals surface area contributed by atoms with E-state index in [-0.39, 0.29) is 24.3 Å². The van der Waals surface area contributed by atoms with Gasteiger partial charge in [-0.3, -0.25) is 4.79 Å². The molecule has 104 valence electrons.